The van der Waals surface area contributed by atoms with E-state index in [1.54, 1.807) is 27.9 Å². The van der Waals surface area contributed by atoms with Gasteiger partial charge in [-0.25, -0.2) is 4.39 Å². The number of rotatable bonds is 4. The van der Waals surface area contributed by atoms with Gasteiger partial charge in [-0.1, -0.05) is 12.1 Å². The fourth-order valence-corrected chi connectivity index (χ4v) is 4.84. The molecular weight excluding hydrogens is 428 g/mol. The van der Waals surface area contributed by atoms with Crippen molar-refractivity contribution in [2.45, 2.75) is 32.0 Å². The van der Waals surface area contributed by atoms with Crippen molar-refractivity contribution in [1.82, 2.24) is 19.6 Å². The van der Waals surface area contributed by atoms with Crippen molar-refractivity contribution in [3.05, 3.63) is 53.6 Å². The van der Waals surface area contributed by atoms with Crippen molar-refractivity contribution in [2.75, 3.05) is 26.2 Å². The molecule has 2 aromatic rings. The van der Waals surface area contributed by atoms with Crippen molar-refractivity contribution < 1.29 is 27.2 Å². The maximum atomic E-state index is 13.2. The lowest BCUT2D eigenvalue weighted by molar-refractivity contribution is -0.204. The quantitative estimate of drug-likeness (QED) is 0.673. The molecule has 3 aliphatic rings. The van der Waals surface area contributed by atoms with Crippen LogP contribution in [0.3, 0.4) is 0 Å². The summed E-state index contributed by atoms with van der Waals surface area (Å²) >= 11 is 0. The zero-order valence-electron chi connectivity index (χ0n) is 17.2. The standard InChI is InChI=1S/C22H22F4N4O2/c23-17-3-1-15(2-4-17)10-30-11-16(9-27-30)18(31)28-8-7-20(12-28)13-29(14-20)19(32)21(5-6-21)22(24,25)26/h1-4,9,11H,5-8,10,12-14H2. The molecule has 2 saturated heterocycles. The number of aromatic nitrogens is 2. The summed E-state index contributed by atoms with van der Waals surface area (Å²) in [4.78, 5) is 28.3. The van der Waals surface area contributed by atoms with Gasteiger partial charge in [0.05, 0.1) is 18.3 Å². The fourth-order valence-electron chi connectivity index (χ4n) is 4.84. The zero-order valence-corrected chi connectivity index (χ0v) is 17.2. The second-order valence-electron chi connectivity index (χ2n) is 9.27. The lowest BCUT2D eigenvalue weighted by atomic mass is 9.78. The molecule has 5 rings (SSSR count). The Bertz CT molecular complexity index is 1050. The topological polar surface area (TPSA) is 58.4 Å². The van der Waals surface area contributed by atoms with Gasteiger partial charge >= 0.3 is 6.18 Å². The summed E-state index contributed by atoms with van der Waals surface area (Å²) in [6.45, 7) is 1.83. The molecule has 1 spiro atoms. The number of hydrogen-bond acceptors (Lipinski definition) is 3. The van der Waals surface area contributed by atoms with E-state index in [9.17, 15) is 27.2 Å². The Kier molecular flexibility index (Phi) is 4.62. The molecule has 1 aliphatic carbocycles. The summed E-state index contributed by atoms with van der Waals surface area (Å²) in [6.07, 6.45) is -0.998. The first-order valence-electron chi connectivity index (χ1n) is 10.5. The predicted molar refractivity (Wildman–Crippen MR) is 105 cm³/mol. The number of benzene rings is 1. The monoisotopic (exact) mass is 450 g/mol. The van der Waals surface area contributed by atoms with Crippen LogP contribution in [0.15, 0.2) is 36.7 Å². The van der Waals surface area contributed by atoms with E-state index in [1.807, 2.05) is 0 Å². The highest BCUT2D eigenvalue weighted by molar-refractivity contribution is 5.94. The number of alkyl halides is 3. The third-order valence-electron chi connectivity index (χ3n) is 6.91. The number of hydrogen-bond donors (Lipinski definition) is 0. The van der Waals surface area contributed by atoms with Crippen LogP contribution in [-0.2, 0) is 11.3 Å². The molecule has 2 amide bonds. The molecule has 0 atom stereocenters. The summed E-state index contributed by atoms with van der Waals surface area (Å²) < 4.78 is 54.3. The van der Waals surface area contributed by atoms with Crippen molar-refractivity contribution in [3.8, 4) is 0 Å². The Morgan fingerprint density at radius 1 is 1.00 bits per heavy atom. The second kappa shape index (κ2) is 7.05. The molecule has 3 heterocycles. The lowest BCUT2D eigenvalue weighted by Crippen LogP contribution is -2.62. The lowest BCUT2D eigenvalue weighted by Gasteiger charge is -2.49. The molecule has 32 heavy (non-hydrogen) atoms. The third-order valence-corrected chi connectivity index (χ3v) is 6.91. The molecule has 10 heteroatoms. The van der Waals surface area contributed by atoms with Gasteiger partial charge in [0.25, 0.3) is 5.91 Å². The first kappa shape index (κ1) is 21.0. The molecule has 0 unspecified atom stereocenters. The van der Waals surface area contributed by atoms with Gasteiger partial charge in [-0.05, 0) is 37.0 Å². The van der Waals surface area contributed by atoms with Crippen molar-refractivity contribution in [1.29, 1.82) is 0 Å². The summed E-state index contributed by atoms with van der Waals surface area (Å²) in [7, 11) is 0. The van der Waals surface area contributed by atoms with Gasteiger partial charge < -0.3 is 9.80 Å². The highest BCUT2D eigenvalue weighted by Gasteiger charge is 2.70. The van der Waals surface area contributed by atoms with E-state index in [0.29, 0.717) is 31.6 Å². The number of carbonyl (C=O) groups is 2. The maximum absolute atomic E-state index is 13.2. The Hall–Kier alpha value is -2.91. The van der Waals surface area contributed by atoms with Crippen molar-refractivity contribution in [3.63, 3.8) is 0 Å². The Balaban J connectivity index is 1.18. The van der Waals surface area contributed by atoms with Crippen LogP contribution >= 0.6 is 0 Å². The highest BCUT2D eigenvalue weighted by Crippen LogP contribution is 2.59. The minimum Gasteiger partial charge on any atom is -0.341 e. The van der Waals surface area contributed by atoms with Gasteiger partial charge in [0.1, 0.15) is 11.2 Å². The van der Waals surface area contributed by atoms with Crippen LogP contribution in [0.5, 0.6) is 0 Å². The number of carbonyl (C=O) groups excluding carboxylic acids is 2. The molecule has 1 saturated carbocycles. The predicted octanol–water partition coefficient (Wildman–Crippen LogP) is 3.09. The van der Waals surface area contributed by atoms with E-state index in [2.05, 4.69) is 5.10 Å². The van der Waals surface area contributed by atoms with Gasteiger partial charge in [0.2, 0.25) is 5.91 Å². The van der Waals surface area contributed by atoms with Gasteiger partial charge in [-0.3, -0.25) is 14.3 Å². The van der Waals surface area contributed by atoms with Crippen molar-refractivity contribution >= 4 is 11.8 Å². The van der Waals surface area contributed by atoms with Crippen LogP contribution < -0.4 is 0 Å². The molecule has 6 nitrogen and oxygen atoms in total. The molecule has 1 aromatic carbocycles. The number of nitrogens with zero attached hydrogens (tertiary/aromatic N) is 4. The number of amides is 2. The molecule has 2 aliphatic heterocycles. The summed E-state index contributed by atoms with van der Waals surface area (Å²) in [5, 5.41) is 4.21. The summed E-state index contributed by atoms with van der Waals surface area (Å²) in [5.74, 6) is -1.33. The fraction of sp³-hybridized carbons (Fsp3) is 0.500. The van der Waals surface area contributed by atoms with E-state index >= 15 is 0 Å². The molecule has 0 radical (unpaired) electrons. The normalized spacial score (nSPS) is 21.0. The molecular formula is C22H22F4N4O2. The van der Waals surface area contributed by atoms with Crippen LogP contribution in [0.1, 0.15) is 35.2 Å². The Morgan fingerprint density at radius 2 is 1.66 bits per heavy atom. The number of halogens is 4. The van der Waals surface area contributed by atoms with Crippen LogP contribution in [0.2, 0.25) is 0 Å². The van der Waals surface area contributed by atoms with Gasteiger partial charge in [0.15, 0.2) is 0 Å². The third kappa shape index (κ3) is 3.45. The summed E-state index contributed by atoms with van der Waals surface area (Å²) in [5.41, 5.74) is -1.23. The minimum absolute atomic E-state index is 0.134. The minimum atomic E-state index is -4.50. The Labute approximate surface area is 181 Å². The first-order valence-corrected chi connectivity index (χ1v) is 10.5. The molecule has 3 fully saturated rings. The van der Waals surface area contributed by atoms with Gasteiger partial charge in [0, 0.05) is 37.8 Å². The Morgan fingerprint density at radius 3 is 2.28 bits per heavy atom. The molecule has 0 bridgehead atoms. The smallest absolute Gasteiger partial charge is 0.341 e. The zero-order chi connectivity index (χ0) is 22.7. The van der Waals surface area contributed by atoms with E-state index in [4.69, 9.17) is 0 Å². The van der Waals surface area contributed by atoms with E-state index < -0.39 is 17.5 Å². The van der Waals surface area contributed by atoms with Crippen LogP contribution in [-0.4, -0.2) is 63.7 Å². The van der Waals surface area contributed by atoms with Crippen LogP contribution in [0.4, 0.5) is 17.6 Å². The first-order chi connectivity index (χ1) is 15.1. The SMILES string of the molecule is O=C(c1cnn(Cc2ccc(F)cc2)c1)N1CCC2(C1)CN(C(=O)C1(C(F)(F)F)CC1)C2. The van der Waals surface area contributed by atoms with Crippen LogP contribution in [0, 0.1) is 16.6 Å². The summed E-state index contributed by atoms with van der Waals surface area (Å²) in [6, 6.07) is 6.02. The largest absolute Gasteiger partial charge is 0.403 e. The van der Waals surface area contributed by atoms with Crippen LogP contribution in [0.25, 0.3) is 0 Å². The highest BCUT2D eigenvalue weighted by atomic mass is 19.4. The molecule has 170 valence electrons. The van der Waals surface area contributed by atoms with E-state index in [-0.39, 0.29) is 43.1 Å². The average molecular weight is 450 g/mol. The van der Waals surface area contributed by atoms with E-state index in [0.717, 1.165) is 5.56 Å². The average Bonchev–Trinajstić information content (AvgIpc) is 3.23. The second-order valence-corrected chi connectivity index (χ2v) is 9.27. The molecule has 0 N–H and O–H groups in total. The maximum Gasteiger partial charge on any atom is 0.403 e. The number of likely N-dealkylation sites (tertiary alicyclic amines) is 2. The van der Waals surface area contributed by atoms with Gasteiger partial charge in [-0.15, -0.1) is 0 Å². The van der Waals surface area contributed by atoms with E-state index in [1.165, 1.54) is 23.2 Å². The van der Waals surface area contributed by atoms with Gasteiger partial charge in [-0.2, -0.15) is 18.3 Å². The molecule has 1 aromatic heterocycles. The van der Waals surface area contributed by atoms with Crippen molar-refractivity contribution in [2.24, 2.45) is 10.8 Å².